The molecule has 13 heavy (non-hydrogen) atoms. The van der Waals surface area contributed by atoms with Gasteiger partial charge in [-0.05, 0) is 13.0 Å². The molecule has 0 saturated heterocycles. The summed E-state index contributed by atoms with van der Waals surface area (Å²) in [5, 5.41) is 12.7. The van der Waals surface area contributed by atoms with Gasteiger partial charge in [-0.3, -0.25) is 0 Å². The minimum Gasteiger partial charge on any atom is -0.464 e. The summed E-state index contributed by atoms with van der Waals surface area (Å²) in [4.78, 5) is 0. The molecule has 1 aromatic heterocycles. The van der Waals surface area contributed by atoms with E-state index in [0.717, 1.165) is 16.5 Å². The molecule has 2 rings (SSSR count). The average molecular weight is 175 g/mol. The fourth-order valence-electron chi connectivity index (χ4n) is 1.31. The van der Waals surface area contributed by atoms with E-state index in [-0.39, 0.29) is 0 Å². The van der Waals surface area contributed by atoms with Gasteiger partial charge in [0.25, 0.3) is 0 Å². The Kier molecular flexibility index (Phi) is 1.77. The minimum atomic E-state index is 0.560. The lowest BCUT2D eigenvalue weighted by atomic mass is 10.1. The molecular formula is C10H9NO2. The van der Waals surface area contributed by atoms with Crippen molar-refractivity contribution in [2.75, 3.05) is 0 Å². The molecule has 0 fully saturated rings. The maximum Gasteiger partial charge on any atom is 0.134 e. The zero-order valence-corrected chi connectivity index (χ0v) is 7.19. The first-order chi connectivity index (χ1) is 6.33. The van der Waals surface area contributed by atoms with E-state index in [0.29, 0.717) is 5.71 Å². The predicted molar refractivity (Wildman–Crippen MR) is 50.2 cm³/mol. The standard InChI is InChI=1S/C10H9NO2/c1-7(11-12)9-6-13-10-5-3-2-4-8(9)10/h2-6,12H,1H3/b11-7+. The van der Waals surface area contributed by atoms with Gasteiger partial charge < -0.3 is 9.62 Å². The van der Waals surface area contributed by atoms with Crippen LogP contribution in [0.1, 0.15) is 12.5 Å². The number of para-hydroxylation sites is 1. The Morgan fingerprint density at radius 2 is 2.15 bits per heavy atom. The number of benzene rings is 1. The highest BCUT2D eigenvalue weighted by atomic mass is 16.4. The Balaban J connectivity index is 2.71. The summed E-state index contributed by atoms with van der Waals surface area (Å²) >= 11 is 0. The summed E-state index contributed by atoms with van der Waals surface area (Å²) in [6.45, 7) is 1.73. The summed E-state index contributed by atoms with van der Waals surface area (Å²) in [5.74, 6) is 0. The first-order valence-corrected chi connectivity index (χ1v) is 3.98. The topological polar surface area (TPSA) is 45.7 Å². The largest absolute Gasteiger partial charge is 0.464 e. The van der Waals surface area contributed by atoms with Crippen molar-refractivity contribution in [2.45, 2.75) is 6.92 Å². The Hall–Kier alpha value is -1.77. The molecule has 66 valence electrons. The molecule has 0 atom stereocenters. The van der Waals surface area contributed by atoms with Crippen LogP contribution >= 0.6 is 0 Å². The van der Waals surface area contributed by atoms with Crippen molar-refractivity contribution in [3.05, 3.63) is 36.1 Å². The summed E-state index contributed by atoms with van der Waals surface area (Å²) in [6.07, 6.45) is 1.60. The number of hydrogen-bond donors (Lipinski definition) is 1. The second-order valence-corrected chi connectivity index (χ2v) is 2.83. The average Bonchev–Trinajstić information content (AvgIpc) is 2.60. The van der Waals surface area contributed by atoms with Gasteiger partial charge in [-0.2, -0.15) is 0 Å². The van der Waals surface area contributed by atoms with E-state index in [9.17, 15) is 0 Å². The van der Waals surface area contributed by atoms with Crippen molar-refractivity contribution in [3.63, 3.8) is 0 Å². The second kappa shape index (κ2) is 2.94. The molecular weight excluding hydrogens is 166 g/mol. The van der Waals surface area contributed by atoms with Gasteiger partial charge in [0.05, 0.1) is 5.71 Å². The van der Waals surface area contributed by atoms with Crippen LogP contribution in [0.25, 0.3) is 11.0 Å². The van der Waals surface area contributed by atoms with Gasteiger partial charge in [0, 0.05) is 10.9 Å². The third kappa shape index (κ3) is 1.18. The van der Waals surface area contributed by atoms with Crippen LogP contribution in [0.5, 0.6) is 0 Å². The molecule has 0 unspecified atom stereocenters. The molecule has 0 aliphatic heterocycles. The van der Waals surface area contributed by atoms with Crippen LogP contribution in [0, 0.1) is 0 Å². The third-order valence-electron chi connectivity index (χ3n) is 2.02. The van der Waals surface area contributed by atoms with Gasteiger partial charge in [-0.1, -0.05) is 23.4 Å². The maximum absolute atomic E-state index is 8.61. The Labute approximate surface area is 75.3 Å². The summed E-state index contributed by atoms with van der Waals surface area (Å²) in [5.41, 5.74) is 2.20. The van der Waals surface area contributed by atoms with Gasteiger partial charge in [0.1, 0.15) is 11.8 Å². The van der Waals surface area contributed by atoms with Crippen molar-refractivity contribution in [3.8, 4) is 0 Å². The van der Waals surface area contributed by atoms with E-state index >= 15 is 0 Å². The van der Waals surface area contributed by atoms with E-state index < -0.39 is 0 Å². The Morgan fingerprint density at radius 1 is 1.38 bits per heavy atom. The van der Waals surface area contributed by atoms with Crippen LogP contribution in [0.15, 0.2) is 40.1 Å². The van der Waals surface area contributed by atoms with Crippen LogP contribution in [-0.2, 0) is 0 Å². The Morgan fingerprint density at radius 3 is 2.92 bits per heavy atom. The van der Waals surface area contributed by atoms with Gasteiger partial charge >= 0.3 is 0 Å². The fraction of sp³-hybridized carbons (Fsp3) is 0.100. The van der Waals surface area contributed by atoms with Gasteiger partial charge in [0.2, 0.25) is 0 Å². The maximum atomic E-state index is 8.61. The normalized spacial score (nSPS) is 12.2. The number of furan rings is 1. The van der Waals surface area contributed by atoms with E-state index in [1.807, 2.05) is 24.3 Å². The molecule has 0 bridgehead atoms. The van der Waals surface area contributed by atoms with Crippen molar-refractivity contribution in [2.24, 2.45) is 5.16 Å². The van der Waals surface area contributed by atoms with Crippen LogP contribution in [0.2, 0.25) is 0 Å². The number of oxime groups is 1. The zero-order valence-electron chi connectivity index (χ0n) is 7.19. The van der Waals surface area contributed by atoms with E-state index in [1.165, 1.54) is 0 Å². The van der Waals surface area contributed by atoms with Crippen molar-refractivity contribution >= 4 is 16.7 Å². The van der Waals surface area contributed by atoms with Crippen molar-refractivity contribution in [1.29, 1.82) is 0 Å². The zero-order chi connectivity index (χ0) is 9.26. The molecule has 0 aliphatic carbocycles. The first kappa shape index (κ1) is 7.86. The van der Waals surface area contributed by atoms with E-state index in [1.54, 1.807) is 13.2 Å². The number of hydrogen-bond acceptors (Lipinski definition) is 3. The number of fused-ring (bicyclic) bond motifs is 1. The fourth-order valence-corrected chi connectivity index (χ4v) is 1.31. The number of rotatable bonds is 1. The van der Waals surface area contributed by atoms with Crippen molar-refractivity contribution in [1.82, 2.24) is 0 Å². The van der Waals surface area contributed by atoms with Crippen LogP contribution in [0.4, 0.5) is 0 Å². The summed E-state index contributed by atoms with van der Waals surface area (Å²) in [7, 11) is 0. The quantitative estimate of drug-likeness (QED) is 0.411. The van der Waals surface area contributed by atoms with Crippen molar-refractivity contribution < 1.29 is 9.62 Å². The SMILES string of the molecule is C/C(=N\O)c1coc2ccccc12. The molecule has 0 amide bonds. The number of nitrogens with zero attached hydrogens (tertiary/aromatic N) is 1. The highest BCUT2D eigenvalue weighted by molar-refractivity contribution is 6.08. The summed E-state index contributed by atoms with van der Waals surface area (Å²) < 4.78 is 5.28. The molecule has 1 heterocycles. The van der Waals surface area contributed by atoms with Crippen LogP contribution in [-0.4, -0.2) is 10.9 Å². The molecule has 3 heteroatoms. The molecule has 2 aromatic rings. The van der Waals surface area contributed by atoms with Crippen LogP contribution < -0.4 is 0 Å². The first-order valence-electron chi connectivity index (χ1n) is 3.98. The monoisotopic (exact) mass is 175 g/mol. The highest BCUT2D eigenvalue weighted by Crippen LogP contribution is 2.20. The van der Waals surface area contributed by atoms with Gasteiger partial charge in [-0.25, -0.2) is 0 Å². The van der Waals surface area contributed by atoms with E-state index in [4.69, 9.17) is 9.62 Å². The van der Waals surface area contributed by atoms with Crippen LogP contribution in [0.3, 0.4) is 0 Å². The minimum absolute atomic E-state index is 0.560. The summed E-state index contributed by atoms with van der Waals surface area (Å²) in [6, 6.07) is 7.64. The highest BCUT2D eigenvalue weighted by Gasteiger charge is 2.07. The third-order valence-corrected chi connectivity index (χ3v) is 2.02. The lowest BCUT2D eigenvalue weighted by Gasteiger charge is -1.92. The predicted octanol–water partition coefficient (Wildman–Crippen LogP) is 2.63. The molecule has 0 aliphatic rings. The molecule has 0 radical (unpaired) electrons. The second-order valence-electron chi connectivity index (χ2n) is 2.83. The molecule has 3 nitrogen and oxygen atoms in total. The lowest BCUT2D eigenvalue weighted by molar-refractivity contribution is 0.319. The molecule has 0 spiro atoms. The molecule has 0 saturated carbocycles. The van der Waals surface area contributed by atoms with Gasteiger partial charge in [0.15, 0.2) is 0 Å². The molecule has 1 N–H and O–H groups in total. The Bertz CT molecular complexity index is 457. The molecule has 1 aromatic carbocycles. The smallest absolute Gasteiger partial charge is 0.134 e. The van der Waals surface area contributed by atoms with Gasteiger partial charge in [-0.15, -0.1) is 0 Å². The van der Waals surface area contributed by atoms with E-state index in [2.05, 4.69) is 5.16 Å². The lowest BCUT2D eigenvalue weighted by Crippen LogP contribution is -1.91.